The second kappa shape index (κ2) is 4.78. The molecule has 0 fully saturated rings. The van der Waals surface area contributed by atoms with Gasteiger partial charge in [0.2, 0.25) is 0 Å². The first kappa shape index (κ1) is 11.8. The average Bonchev–Trinajstić information content (AvgIpc) is 2.69. The molecule has 0 aliphatic carbocycles. The van der Waals surface area contributed by atoms with Crippen LogP contribution in [-0.2, 0) is 17.9 Å². The molecule has 1 aromatic rings. The molecule has 0 aromatic carbocycles. The van der Waals surface area contributed by atoms with Crippen LogP contribution < -0.4 is 5.32 Å². The number of nitrogens with one attached hydrogen (secondary N) is 1. The van der Waals surface area contributed by atoms with E-state index in [-0.39, 0.29) is 0 Å². The number of nitrogens with zero attached hydrogens (tertiary/aromatic N) is 3. The summed E-state index contributed by atoms with van der Waals surface area (Å²) in [6.07, 6.45) is 4.13. The largest absolute Gasteiger partial charge is 0.374 e. The van der Waals surface area contributed by atoms with E-state index in [1.54, 1.807) is 0 Å². The average molecular weight is 311 g/mol. The van der Waals surface area contributed by atoms with Gasteiger partial charge in [0.05, 0.1) is 32.0 Å². The maximum Gasteiger partial charge on any atom is 0.152 e. The second-order valence-corrected chi connectivity index (χ2v) is 5.44. The van der Waals surface area contributed by atoms with Gasteiger partial charge in [-0.3, -0.25) is 4.68 Å². The number of rotatable bonds is 2. The number of aromatic nitrogens is 2. The van der Waals surface area contributed by atoms with Crippen molar-refractivity contribution in [2.45, 2.75) is 13.2 Å². The highest BCUT2D eigenvalue weighted by Crippen LogP contribution is 2.20. The third kappa shape index (κ3) is 2.44. The quantitative estimate of drug-likeness (QED) is 0.906. The topological polar surface area (TPSA) is 42.3 Å². The van der Waals surface area contributed by atoms with Gasteiger partial charge in [0, 0.05) is 29.5 Å². The number of fused-ring (bicyclic) bond motifs is 1. The van der Waals surface area contributed by atoms with Crippen molar-refractivity contribution in [2.24, 2.45) is 0 Å². The molecule has 1 N–H and O–H groups in total. The van der Waals surface area contributed by atoms with Crippen LogP contribution in [0.25, 0.3) is 0 Å². The maximum absolute atomic E-state index is 5.41. The molecule has 2 aliphatic heterocycles. The van der Waals surface area contributed by atoms with Crippen molar-refractivity contribution >= 4 is 21.7 Å². The third-order valence-corrected chi connectivity index (χ3v) is 3.36. The summed E-state index contributed by atoms with van der Waals surface area (Å²) in [7, 11) is 2.04. The number of halogens is 1. The van der Waals surface area contributed by atoms with E-state index < -0.39 is 0 Å². The van der Waals surface area contributed by atoms with Crippen LogP contribution in [-0.4, -0.2) is 34.9 Å². The smallest absolute Gasteiger partial charge is 0.152 e. The highest BCUT2D eigenvalue weighted by atomic mass is 79.9. The van der Waals surface area contributed by atoms with Crippen LogP contribution in [0.3, 0.4) is 0 Å². The Labute approximate surface area is 114 Å². The molecule has 0 atom stereocenters. The van der Waals surface area contributed by atoms with Crippen LogP contribution in [0.15, 0.2) is 28.5 Å². The fourth-order valence-electron chi connectivity index (χ4n) is 2.17. The number of likely N-dealkylation sites (N-methyl/N-ethyl adjacent to an activating group) is 1. The summed E-state index contributed by atoms with van der Waals surface area (Å²) >= 11 is 3.50. The Morgan fingerprint density at radius 2 is 2.39 bits per heavy atom. The molecule has 0 saturated heterocycles. The van der Waals surface area contributed by atoms with Crippen molar-refractivity contribution in [1.82, 2.24) is 14.7 Å². The van der Waals surface area contributed by atoms with E-state index in [9.17, 15) is 0 Å². The molecule has 0 saturated carbocycles. The van der Waals surface area contributed by atoms with Crippen LogP contribution in [0.4, 0.5) is 5.82 Å². The summed E-state index contributed by atoms with van der Waals surface area (Å²) in [6.45, 7) is 3.08. The van der Waals surface area contributed by atoms with Gasteiger partial charge in [0.1, 0.15) is 0 Å². The van der Waals surface area contributed by atoms with Crippen molar-refractivity contribution in [3.63, 3.8) is 0 Å². The lowest BCUT2D eigenvalue weighted by Gasteiger charge is -2.21. The van der Waals surface area contributed by atoms with Gasteiger partial charge < -0.3 is 15.0 Å². The summed E-state index contributed by atoms with van der Waals surface area (Å²) in [5, 5.41) is 7.89. The Kier molecular flexibility index (Phi) is 3.13. The van der Waals surface area contributed by atoms with E-state index in [1.807, 2.05) is 17.8 Å². The molecule has 0 unspecified atom stereocenters. The van der Waals surface area contributed by atoms with Crippen molar-refractivity contribution in [1.29, 1.82) is 0 Å². The lowest BCUT2D eigenvalue weighted by Crippen LogP contribution is -2.22. The van der Waals surface area contributed by atoms with Gasteiger partial charge >= 0.3 is 0 Å². The first-order valence-corrected chi connectivity index (χ1v) is 6.69. The van der Waals surface area contributed by atoms with Gasteiger partial charge in [0.15, 0.2) is 5.82 Å². The van der Waals surface area contributed by atoms with Crippen molar-refractivity contribution < 1.29 is 4.74 Å². The number of anilines is 1. The lowest BCUT2D eigenvalue weighted by atomic mass is 10.3. The van der Waals surface area contributed by atoms with Gasteiger partial charge in [-0.1, -0.05) is 0 Å². The molecule has 5 nitrogen and oxygen atoms in total. The van der Waals surface area contributed by atoms with Gasteiger partial charge in [-0.05, 0) is 22.0 Å². The van der Waals surface area contributed by atoms with Crippen LogP contribution >= 0.6 is 15.9 Å². The predicted molar refractivity (Wildman–Crippen MR) is 73.2 cm³/mol. The second-order valence-electron chi connectivity index (χ2n) is 4.52. The van der Waals surface area contributed by atoms with E-state index in [0.29, 0.717) is 6.61 Å². The van der Waals surface area contributed by atoms with Gasteiger partial charge in [-0.2, -0.15) is 5.10 Å². The summed E-state index contributed by atoms with van der Waals surface area (Å²) < 4.78 is 8.47. The number of hydrogen-bond acceptors (Lipinski definition) is 4. The third-order valence-electron chi connectivity index (χ3n) is 2.92. The summed E-state index contributed by atoms with van der Waals surface area (Å²) in [5.74, 6) is 0.886. The summed E-state index contributed by atoms with van der Waals surface area (Å²) in [6, 6.07) is 2.05. The standard InChI is InChI=1S/C12H15BrN4O/c1-16-6-9(13)4-10(7-16)14-12-5-11-8-18-3-2-17(11)15-12/h4-6H,2-3,7-8H2,1H3,(H,14,15). The summed E-state index contributed by atoms with van der Waals surface area (Å²) in [4.78, 5) is 2.12. The van der Waals surface area contributed by atoms with Crippen LogP contribution in [0, 0.1) is 0 Å². The van der Waals surface area contributed by atoms with E-state index >= 15 is 0 Å². The van der Waals surface area contributed by atoms with E-state index in [0.717, 1.165) is 41.4 Å². The van der Waals surface area contributed by atoms with Gasteiger partial charge in [-0.25, -0.2) is 0 Å². The molecular weight excluding hydrogens is 296 g/mol. The molecule has 0 bridgehead atoms. The Morgan fingerprint density at radius 1 is 1.50 bits per heavy atom. The lowest BCUT2D eigenvalue weighted by molar-refractivity contribution is 0.0801. The minimum Gasteiger partial charge on any atom is -0.374 e. The number of allylic oxidation sites excluding steroid dienone is 2. The number of hydrogen-bond donors (Lipinski definition) is 1. The van der Waals surface area contributed by atoms with Crippen LogP contribution in [0.2, 0.25) is 0 Å². The Morgan fingerprint density at radius 3 is 3.17 bits per heavy atom. The summed E-state index contributed by atoms with van der Waals surface area (Å²) in [5.41, 5.74) is 2.26. The zero-order chi connectivity index (χ0) is 12.5. The number of ether oxygens (including phenoxy) is 1. The zero-order valence-electron chi connectivity index (χ0n) is 10.2. The zero-order valence-corrected chi connectivity index (χ0v) is 11.8. The Hall–Kier alpha value is -1.27. The first-order chi connectivity index (χ1) is 8.70. The maximum atomic E-state index is 5.41. The molecule has 0 spiro atoms. The molecule has 6 heteroatoms. The Balaban J connectivity index is 1.77. The van der Waals surface area contributed by atoms with Crippen LogP contribution in [0.5, 0.6) is 0 Å². The highest BCUT2D eigenvalue weighted by Gasteiger charge is 2.14. The van der Waals surface area contributed by atoms with E-state index in [1.165, 1.54) is 0 Å². The highest BCUT2D eigenvalue weighted by molar-refractivity contribution is 9.11. The molecule has 3 rings (SSSR count). The monoisotopic (exact) mass is 310 g/mol. The fourth-order valence-corrected chi connectivity index (χ4v) is 2.79. The minimum atomic E-state index is 0.650. The molecule has 0 amide bonds. The first-order valence-electron chi connectivity index (χ1n) is 5.90. The molecule has 3 heterocycles. The molecule has 2 aliphatic rings. The minimum absolute atomic E-state index is 0.650. The predicted octanol–water partition coefficient (Wildman–Crippen LogP) is 1.89. The normalized spacial score (nSPS) is 19.1. The molecule has 0 radical (unpaired) electrons. The van der Waals surface area contributed by atoms with Gasteiger partial charge in [-0.15, -0.1) is 0 Å². The van der Waals surface area contributed by atoms with Crippen molar-refractivity contribution in [3.05, 3.63) is 34.2 Å². The molecule has 18 heavy (non-hydrogen) atoms. The molecule has 96 valence electrons. The fraction of sp³-hybridized carbons (Fsp3) is 0.417. The molecular formula is C12H15BrN4O. The molecule has 1 aromatic heterocycles. The Bertz CT molecular complexity index is 497. The SMILES string of the molecule is CN1C=C(Br)C=C(Nc2cc3n(n2)CCOC3)C1. The van der Waals surface area contributed by atoms with Crippen molar-refractivity contribution in [3.8, 4) is 0 Å². The van der Waals surface area contributed by atoms with E-state index in [4.69, 9.17) is 4.74 Å². The van der Waals surface area contributed by atoms with Gasteiger partial charge in [0.25, 0.3) is 0 Å². The van der Waals surface area contributed by atoms with Crippen LogP contribution in [0.1, 0.15) is 5.69 Å². The van der Waals surface area contributed by atoms with E-state index in [2.05, 4.69) is 43.5 Å². The van der Waals surface area contributed by atoms with Crippen molar-refractivity contribution in [2.75, 3.05) is 25.5 Å².